The summed E-state index contributed by atoms with van der Waals surface area (Å²) >= 11 is 0. The van der Waals surface area contributed by atoms with Gasteiger partial charge in [0.2, 0.25) is 0 Å². The SMILES string of the molecule is COc1ccc2c(c1)OC1(CCN(C(=O)c3cccc(Oc4ccccc4)c3)CC1)CC2=O. The van der Waals surface area contributed by atoms with Gasteiger partial charge in [0, 0.05) is 37.6 Å². The maximum Gasteiger partial charge on any atom is 0.253 e. The normalized spacial score (nSPS) is 16.6. The highest BCUT2D eigenvalue weighted by molar-refractivity contribution is 6.00. The summed E-state index contributed by atoms with van der Waals surface area (Å²) in [6.45, 7) is 1.05. The number of hydrogen-bond donors (Lipinski definition) is 0. The van der Waals surface area contributed by atoms with Crippen molar-refractivity contribution in [3.05, 3.63) is 83.9 Å². The zero-order valence-electron chi connectivity index (χ0n) is 18.5. The first kappa shape index (κ1) is 21.1. The van der Waals surface area contributed by atoms with E-state index in [1.54, 1.807) is 37.4 Å². The number of Topliss-reactive ketones (excluding diaryl/α,β-unsaturated/α-hetero) is 1. The molecule has 0 aromatic heterocycles. The third kappa shape index (κ3) is 4.29. The number of hydrogen-bond acceptors (Lipinski definition) is 5. The average molecular weight is 443 g/mol. The van der Waals surface area contributed by atoms with Crippen molar-refractivity contribution < 1.29 is 23.8 Å². The molecule has 0 atom stereocenters. The van der Waals surface area contributed by atoms with Gasteiger partial charge in [0.05, 0.1) is 19.1 Å². The number of carbonyl (C=O) groups is 2. The highest BCUT2D eigenvalue weighted by Gasteiger charge is 2.43. The van der Waals surface area contributed by atoms with Crippen LogP contribution in [0.15, 0.2) is 72.8 Å². The number of carbonyl (C=O) groups excluding carboxylic acids is 2. The minimum absolute atomic E-state index is 0.0485. The molecule has 0 unspecified atom stereocenters. The van der Waals surface area contributed by atoms with Crippen molar-refractivity contribution in [2.45, 2.75) is 24.9 Å². The second kappa shape index (κ2) is 8.62. The number of piperidine rings is 1. The summed E-state index contributed by atoms with van der Waals surface area (Å²) in [4.78, 5) is 27.8. The molecule has 5 rings (SSSR count). The van der Waals surface area contributed by atoms with E-state index in [1.165, 1.54) is 0 Å². The van der Waals surface area contributed by atoms with Crippen LogP contribution in [0.5, 0.6) is 23.0 Å². The van der Waals surface area contributed by atoms with Crippen LogP contribution in [0, 0.1) is 0 Å². The molecule has 1 saturated heterocycles. The zero-order chi connectivity index (χ0) is 22.8. The van der Waals surface area contributed by atoms with Crippen LogP contribution in [0.3, 0.4) is 0 Å². The maximum absolute atomic E-state index is 13.2. The van der Waals surface area contributed by atoms with Crippen LogP contribution in [0.1, 0.15) is 40.0 Å². The van der Waals surface area contributed by atoms with E-state index in [0.29, 0.717) is 60.7 Å². The summed E-state index contributed by atoms with van der Waals surface area (Å²) in [6.07, 6.45) is 1.53. The smallest absolute Gasteiger partial charge is 0.253 e. The number of likely N-dealkylation sites (tertiary alicyclic amines) is 1. The molecule has 0 aliphatic carbocycles. The third-order valence-electron chi connectivity index (χ3n) is 6.32. The molecule has 1 fully saturated rings. The molecule has 1 amide bonds. The third-order valence-corrected chi connectivity index (χ3v) is 6.32. The van der Waals surface area contributed by atoms with E-state index in [2.05, 4.69) is 0 Å². The van der Waals surface area contributed by atoms with Gasteiger partial charge in [-0.05, 0) is 42.5 Å². The van der Waals surface area contributed by atoms with E-state index in [-0.39, 0.29) is 11.7 Å². The number of benzene rings is 3. The number of ether oxygens (including phenoxy) is 3. The minimum Gasteiger partial charge on any atom is -0.497 e. The van der Waals surface area contributed by atoms with Crippen LogP contribution in [-0.4, -0.2) is 42.4 Å². The quantitative estimate of drug-likeness (QED) is 0.560. The number of para-hydroxylation sites is 1. The highest BCUT2D eigenvalue weighted by Crippen LogP contribution is 2.41. The molecule has 6 heteroatoms. The van der Waals surface area contributed by atoms with Crippen molar-refractivity contribution in [2.24, 2.45) is 0 Å². The lowest BCUT2D eigenvalue weighted by Crippen LogP contribution is -2.52. The van der Waals surface area contributed by atoms with Gasteiger partial charge in [-0.3, -0.25) is 9.59 Å². The van der Waals surface area contributed by atoms with Gasteiger partial charge in [-0.15, -0.1) is 0 Å². The first-order valence-electron chi connectivity index (χ1n) is 11.1. The predicted molar refractivity (Wildman–Crippen MR) is 123 cm³/mol. The van der Waals surface area contributed by atoms with Gasteiger partial charge < -0.3 is 19.1 Å². The molecule has 3 aromatic carbocycles. The lowest BCUT2D eigenvalue weighted by Gasteiger charge is -2.44. The fourth-order valence-electron chi connectivity index (χ4n) is 4.50. The Hall–Kier alpha value is -3.80. The standard InChI is InChI=1S/C27H25NO5/c1-31-21-10-11-23-24(29)18-27(33-25(23)17-21)12-14-28(15-13-27)26(30)19-6-5-9-22(16-19)32-20-7-3-2-4-8-20/h2-11,16-17H,12-15,18H2,1H3. The summed E-state index contributed by atoms with van der Waals surface area (Å²) < 4.78 is 17.5. The molecule has 1 spiro atoms. The Morgan fingerprint density at radius 1 is 0.909 bits per heavy atom. The van der Waals surface area contributed by atoms with Crippen LogP contribution in [0.2, 0.25) is 0 Å². The van der Waals surface area contributed by atoms with Crippen LogP contribution >= 0.6 is 0 Å². The predicted octanol–water partition coefficient (Wildman–Crippen LogP) is 5.13. The molecule has 2 heterocycles. The average Bonchev–Trinajstić information content (AvgIpc) is 2.84. The largest absolute Gasteiger partial charge is 0.497 e. The van der Waals surface area contributed by atoms with Crippen molar-refractivity contribution in [2.75, 3.05) is 20.2 Å². The summed E-state index contributed by atoms with van der Waals surface area (Å²) in [5.74, 6) is 2.59. The summed E-state index contributed by atoms with van der Waals surface area (Å²) in [7, 11) is 1.59. The lowest BCUT2D eigenvalue weighted by atomic mass is 9.82. The van der Waals surface area contributed by atoms with Gasteiger partial charge in [-0.2, -0.15) is 0 Å². The number of methoxy groups -OCH3 is 1. The molecular weight excluding hydrogens is 418 g/mol. The Bertz CT molecular complexity index is 1180. The lowest BCUT2D eigenvalue weighted by molar-refractivity contribution is -0.00581. The van der Waals surface area contributed by atoms with Gasteiger partial charge in [0.15, 0.2) is 5.78 Å². The first-order chi connectivity index (χ1) is 16.0. The summed E-state index contributed by atoms with van der Waals surface area (Å²) in [6, 6.07) is 22.0. The molecule has 6 nitrogen and oxygen atoms in total. The molecule has 3 aromatic rings. The minimum atomic E-state index is -0.578. The van der Waals surface area contributed by atoms with Crippen molar-refractivity contribution >= 4 is 11.7 Å². The molecule has 2 aliphatic rings. The number of ketones is 1. The second-order valence-electron chi connectivity index (χ2n) is 8.48. The van der Waals surface area contributed by atoms with Gasteiger partial charge >= 0.3 is 0 Å². The van der Waals surface area contributed by atoms with Crippen LogP contribution in [-0.2, 0) is 0 Å². The summed E-state index contributed by atoms with van der Waals surface area (Å²) in [5.41, 5.74) is 0.594. The van der Waals surface area contributed by atoms with Crippen molar-refractivity contribution in [1.82, 2.24) is 4.90 Å². The van der Waals surface area contributed by atoms with Gasteiger partial charge in [-0.25, -0.2) is 0 Å². The number of nitrogens with zero attached hydrogens (tertiary/aromatic N) is 1. The Labute approximate surface area is 192 Å². The van der Waals surface area contributed by atoms with Gasteiger partial charge in [0.1, 0.15) is 28.6 Å². The van der Waals surface area contributed by atoms with Crippen LogP contribution in [0.4, 0.5) is 0 Å². The molecule has 0 saturated carbocycles. The highest BCUT2D eigenvalue weighted by atomic mass is 16.5. The molecular formula is C27H25NO5. The van der Waals surface area contributed by atoms with Gasteiger partial charge in [0.25, 0.3) is 5.91 Å². The molecule has 0 N–H and O–H groups in total. The number of fused-ring (bicyclic) bond motifs is 1. The monoisotopic (exact) mass is 443 g/mol. The zero-order valence-corrected chi connectivity index (χ0v) is 18.5. The number of rotatable bonds is 4. The second-order valence-corrected chi connectivity index (χ2v) is 8.48. The Balaban J connectivity index is 1.27. The number of amides is 1. The van der Waals surface area contributed by atoms with Crippen molar-refractivity contribution in [3.8, 4) is 23.0 Å². The molecule has 0 radical (unpaired) electrons. The van der Waals surface area contributed by atoms with E-state index in [1.807, 2.05) is 47.4 Å². The van der Waals surface area contributed by atoms with Crippen LogP contribution in [0.25, 0.3) is 0 Å². The Morgan fingerprint density at radius 3 is 2.42 bits per heavy atom. The maximum atomic E-state index is 13.2. The van der Waals surface area contributed by atoms with E-state index in [9.17, 15) is 9.59 Å². The fraction of sp³-hybridized carbons (Fsp3) is 0.259. The summed E-state index contributed by atoms with van der Waals surface area (Å²) in [5, 5.41) is 0. The topological polar surface area (TPSA) is 65.1 Å². The molecule has 0 bridgehead atoms. The Kier molecular flexibility index (Phi) is 5.50. The fourth-order valence-corrected chi connectivity index (χ4v) is 4.50. The van der Waals surface area contributed by atoms with Crippen molar-refractivity contribution in [1.29, 1.82) is 0 Å². The van der Waals surface area contributed by atoms with E-state index in [0.717, 1.165) is 5.75 Å². The molecule has 33 heavy (non-hydrogen) atoms. The van der Waals surface area contributed by atoms with E-state index in [4.69, 9.17) is 14.2 Å². The first-order valence-corrected chi connectivity index (χ1v) is 11.1. The van der Waals surface area contributed by atoms with E-state index < -0.39 is 5.60 Å². The molecule has 2 aliphatic heterocycles. The Morgan fingerprint density at radius 2 is 1.67 bits per heavy atom. The molecule has 168 valence electrons. The van der Waals surface area contributed by atoms with Crippen LogP contribution < -0.4 is 14.2 Å². The van der Waals surface area contributed by atoms with E-state index >= 15 is 0 Å². The van der Waals surface area contributed by atoms with Gasteiger partial charge in [-0.1, -0.05) is 24.3 Å². The van der Waals surface area contributed by atoms with Crippen molar-refractivity contribution in [3.63, 3.8) is 0 Å².